The largest absolute Gasteiger partial charge is 0.392 e. The molecule has 2 aromatic heterocycles. The lowest BCUT2D eigenvalue weighted by Crippen LogP contribution is -2.37. The maximum atomic E-state index is 12.2. The van der Waals surface area contributed by atoms with Crippen molar-refractivity contribution in [2.24, 2.45) is 0 Å². The zero-order chi connectivity index (χ0) is 17.6. The molecule has 1 aliphatic heterocycles. The lowest BCUT2D eigenvalue weighted by Gasteiger charge is -2.28. The molecule has 0 spiro atoms. The number of rotatable bonds is 6. The number of hydrogen-bond donors (Lipinski definition) is 2. The summed E-state index contributed by atoms with van der Waals surface area (Å²) in [6, 6.07) is 5.57. The standard InChI is InChI=1S/C18H24N4O3/c1-13-4-2-7-19-16(13)6-8-20-18(24)17-10-15(25-21-17)12-22-9-3-5-14(23)11-22/h2,4,7,10,14,23H,3,5-6,8-9,11-12H2,1H3,(H,20,24). The number of likely N-dealkylation sites (tertiary alicyclic amines) is 1. The molecule has 134 valence electrons. The van der Waals surface area contributed by atoms with Crippen molar-refractivity contribution < 1.29 is 14.4 Å². The third kappa shape index (κ3) is 4.87. The summed E-state index contributed by atoms with van der Waals surface area (Å²) >= 11 is 0. The summed E-state index contributed by atoms with van der Waals surface area (Å²) in [4.78, 5) is 18.6. The highest BCUT2D eigenvalue weighted by atomic mass is 16.5. The molecule has 2 N–H and O–H groups in total. The summed E-state index contributed by atoms with van der Waals surface area (Å²) in [7, 11) is 0. The van der Waals surface area contributed by atoms with Gasteiger partial charge in [-0.05, 0) is 37.9 Å². The van der Waals surface area contributed by atoms with Crippen LogP contribution in [0.2, 0.25) is 0 Å². The topological polar surface area (TPSA) is 91.5 Å². The van der Waals surface area contributed by atoms with Crippen molar-refractivity contribution in [2.45, 2.75) is 38.8 Å². The van der Waals surface area contributed by atoms with Crippen LogP contribution >= 0.6 is 0 Å². The van der Waals surface area contributed by atoms with Crippen molar-refractivity contribution in [2.75, 3.05) is 19.6 Å². The third-order valence-electron chi connectivity index (χ3n) is 4.42. The van der Waals surface area contributed by atoms with Crippen molar-refractivity contribution in [1.29, 1.82) is 0 Å². The van der Waals surface area contributed by atoms with Crippen LogP contribution in [0.1, 0.15) is 40.3 Å². The van der Waals surface area contributed by atoms with Crippen LogP contribution in [-0.4, -0.2) is 51.8 Å². The Labute approximate surface area is 147 Å². The predicted octanol–water partition coefficient (Wildman–Crippen LogP) is 1.31. The number of nitrogens with zero attached hydrogens (tertiary/aromatic N) is 3. The molecule has 1 unspecified atom stereocenters. The summed E-state index contributed by atoms with van der Waals surface area (Å²) in [6.07, 6.45) is 3.96. The van der Waals surface area contributed by atoms with Gasteiger partial charge in [0.1, 0.15) is 0 Å². The van der Waals surface area contributed by atoms with Gasteiger partial charge in [0, 0.05) is 37.5 Å². The maximum absolute atomic E-state index is 12.2. The summed E-state index contributed by atoms with van der Waals surface area (Å²) in [5.41, 5.74) is 2.38. The predicted molar refractivity (Wildman–Crippen MR) is 92.0 cm³/mol. The highest BCUT2D eigenvalue weighted by Gasteiger charge is 2.20. The summed E-state index contributed by atoms with van der Waals surface area (Å²) in [6.45, 7) is 4.61. The second-order valence-corrected chi connectivity index (χ2v) is 6.48. The van der Waals surface area contributed by atoms with Gasteiger partial charge in [0.15, 0.2) is 11.5 Å². The molecule has 1 atom stereocenters. The summed E-state index contributed by atoms with van der Waals surface area (Å²) < 4.78 is 5.26. The second kappa shape index (κ2) is 8.22. The van der Waals surface area contributed by atoms with Crippen LogP contribution in [0.25, 0.3) is 0 Å². The molecule has 2 aromatic rings. The number of hydrogen-bond acceptors (Lipinski definition) is 6. The summed E-state index contributed by atoms with van der Waals surface area (Å²) in [5.74, 6) is 0.391. The van der Waals surface area contributed by atoms with Crippen LogP contribution in [0.15, 0.2) is 28.9 Å². The van der Waals surface area contributed by atoms with E-state index in [-0.39, 0.29) is 17.7 Å². The molecule has 7 heteroatoms. The first-order valence-electron chi connectivity index (χ1n) is 8.66. The minimum Gasteiger partial charge on any atom is -0.392 e. The number of pyridine rings is 1. The zero-order valence-corrected chi connectivity index (χ0v) is 14.4. The Balaban J connectivity index is 1.48. The molecule has 0 saturated carbocycles. The highest BCUT2D eigenvalue weighted by Crippen LogP contribution is 2.14. The van der Waals surface area contributed by atoms with Crippen molar-refractivity contribution in [3.8, 4) is 0 Å². The molecule has 25 heavy (non-hydrogen) atoms. The van der Waals surface area contributed by atoms with E-state index >= 15 is 0 Å². The lowest BCUT2D eigenvalue weighted by molar-refractivity contribution is 0.0622. The molecule has 1 fully saturated rings. The van der Waals surface area contributed by atoms with Gasteiger partial charge >= 0.3 is 0 Å². The van der Waals surface area contributed by atoms with E-state index < -0.39 is 0 Å². The normalized spacial score (nSPS) is 18.2. The summed E-state index contributed by atoms with van der Waals surface area (Å²) in [5, 5.41) is 16.4. The lowest BCUT2D eigenvalue weighted by atomic mass is 10.1. The molecule has 1 amide bonds. The Bertz CT molecular complexity index is 716. The van der Waals surface area contributed by atoms with E-state index in [2.05, 4.69) is 20.4 Å². The fourth-order valence-corrected chi connectivity index (χ4v) is 3.05. The number of carbonyl (C=O) groups is 1. The average Bonchev–Trinajstić information content (AvgIpc) is 3.05. The molecule has 1 aliphatic rings. The molecule has 1 saturated heterocycles. The van der Waals surface area contributed by atoms with E-state index in [0.29, 0.717) is 31.8 Å². The van der Waals surface area contributed by atoms with E-state index in [4.69, 9.17) is 4.52 Å². The van der Waals surface area contributed by atoms with Crippen molar-refractivity contribution in [3.05, 3.63) is 47.1 Å². The van der Waals surface area contributed by atoms with Gasteiger partial charge < -0.3 is 14.9 Å². The van der Waals surface area contributed by atoms with Gasteiger partial charge in [-0.2, -0.15) is 0 Å². The third-order valence-corrected chi connectivity index (χ3v) is 4.42. The molecule has 3 heterocycles. The van der Waals surface area contributed by atoms with Gasteiger partial charge in [-0.15, -0.1) is 0 Å². The zero-order valence-electron chi connectivity index (χ0n) is 14.4. The number of aryl methyl sites for hydroxylation is 1. The monoisotopic (exact) mass is 344 g/mol. The quantitative estimate of drug-likeness (QED) is 0.821. The van der Waals surface area contributed by atoms with Gasteiger partial charge in [-0.3, -0.25) is 14.7 Å². The SMILES string of the molecule is Cc1cccnc1CCNC(=O)c1cc(CN2CCCC(O)C2)on1. The van der Waals surface area contributed by atoms with Gasteiger partial charge in [-0.25, -0.2) is 0 Å². The molecule has 0 aromatic carbocycles. The number of amides is 1. The van der Waals surface area contributed by atoms with Gasteiger partial charge in [0.2, 0.25) is 0 Å². The Morgan fingerprint density at radius 1 is 1.52 bits per heavy atom. The number of piperidine rings is 1. The van der Waals surface area contributed by atoms with Crippen molar-refractivity contribution in [3.63, 3.8) is 0 Å². The Hall–Kier alpha value is -2.25. The Morgan fingerprint density at radius 3 is 3.20 bits per heavy atom. The first-order chi connectivity index (χ1) is 12.1. The van der Waals surface area contributed by atoms with E-state index in [0.717, 1.165) is 30.6 Å². The minimum atomic E-state index is -0.283. The van der Waals surface area contributed by atoms with Crippen LogP contribution in [0.4, 0.5) is 0 Å². The Morgan fingerprint density at radius 2 is 2.40 bits per heavy atom. The molecule has 7 nitrogen and oxygen atoms in total. The van der Waals surface area contributed by atoms with Gasteiger partial charge in [-0.1, -0.05) is 11.2 Å². The number of aromatic nitrogens is 2. The molecule has 3 rings (SSSR count). The second-order valence-electron chi connectivity index (χ2n) is 6.48. The average molecular weight is 344 g/mol. The van der Waals surface area contributed by atoms with Crippen molar-refractivity contribution in [1.82, 2.24) is 20.4 Å². The Kier molecular flexibility index (Phi) is 5.78. The van der Waals surface area contributed by atoms with Crippen LogP contribution in [0.3, 0.4) is 0 Å². The molecular formula is C18H24N4O3. The number of aliphatic hydroxyl groups is 1. The van der Waals surface area contributed by atoms with E-state index in [9.17, 15) is 9.90 Å². The molecule has 0 bridgehead atoms. The van der Waals surface area contributed by atoms with Crippen LogP contribution in [0.5, 0.6) is 0 Å². The fourth-order valence-electron chi connectivity index (χ4n) is 3.05. The highest BCUT2D eigenvalue weighted by molar-refractivity contribution is 5.92. The molecular weight excluding hydrogens is 320 g/mol. The van der Waals surface area contributed by atoms with E-state index in [1.807, 2.05) is 19.1 Å². The van der Waals surface area contributed by atoms with Crippen LogP contribution < -0.4 is 5.32 Å². The number of carbonyl (C=O) groups excluding carboxylic acids is 1. The molecule has 0 radical (unpaired) electrons. The van der Waals surface area contributed by atoms with Crippen molar-refractivity contribution >= 4 is 5.91 Å². The fraction of sp³-hybridized carbons (Fsp3) is 0.500. The maximum Gasteiger partial charge on any atom is 0.273 e. The van der Waals surface area contributed by atoms with Crippen LogP contribution in [-0.2, 0) is 13.0 Å². The number of nitrogens with one attached hydrogen (secondary N) is 1. The van der Waals surface area contributed by atoms with E-state index in [1.165, 1.54) is 0 Å². The first kappa shape index (κ1) is 17.6. The van der Waals surface area contributed by atoms with Gasteiger partial charge in [0.25, 0.3) is 5.91 Å². The number of aliphatic hydroxyl groups excluding tert-OH is 1. The smallest absolute Gasteiger partial charge is 0.273 e. The van der Waals surface area contributed by atoms with Gasteiger partial charge in [0.05, 0.1) is 12.6 Å². The van der Waals surface area contributed by atoms with E-state index in [1.54, 1.807) is 12.3 Å². The van der Waals surface area contributed by atoms with Crippen LogP contribution in [0, 0.1) is 6.92 Å². The molecule has 0 aliphatic carbocycles. The number of β-amino-alcohol motifs (C(OH)–C–C–N with tert-alkyl or cyclic N) is 1. The first-order valence-corrected chi connectivity index (χ1v) is 8.66. The minimum absolute atomic E-state index is 0.248.